The predicted octanol–water partition coefficient (Wildman–Crippen LogP) is 0.933. The number of urea groups is 1. The van der Waals surface area contributed by atoms with E-state index in [0.29, 0.717) is 24.8 Å². The van der Waals surface area contributed by atoms with E-state index < -0.39 is 30.2 Å². The van der Waals surface area contributed by atoms with E-state index in [0.717, 1.165) is 5.56 Å². The highest BCUT2D eigenvalue weighted by molar-refractivity contribution is 6.03. The van der Waals surface area contributed by atoms with E-state index in [1.165, 1.54) is 10.5 Å². The second-order valence-electron chi connectivity index (χ2n) is 7.73. The molecule has 2 aliphatic heterocycles. The second-order valence-corrected chi connectivity index (χ2v) is 7.73. The van der Waals surface area contributed by atoms with Crippen LogP contribution in [0.2, 0.25) is 0 Å². The largest absolute Gasteiger partial charge is 0.491 e. The number of benzene rings is 1. The van der Waals surface area contributed by atoms with Crippen molar-refractivity contribution < 1.29 is 19.4 Å². The first-order valence-electron chi connectivity index (χ1n) is 10.3. The third-order valence-electron chi connectivity index (χ3n) is 5.71. The van der Waals surface area contributed by atoms with Crippen molar-refractivity contribution in [1.82, 2.24) is 20.0 Å². The molecule has 30 heavy (non-hydrogen) atoms. The highest BCUT2D eigenvalue weighted by atomic mass is 16.5. The number of aryl methyl sites for hydroxylation is 2. The number of guanidine groups is 1. The van der Waals surface area contributed by atoms with Gasteiger partial charge in [-0.25, -0.2) is 9.79 Å². The van der Waals surface area contributed by atoms with Crippen LogP contribution in [0, 0.1) is 13.8 Å². The Morgan fingerprint density at radius 2 is 1.93 bits per heavy atom. The van der Waals surface area contributed by atoms with Gasteiger partial charge in [0.1, 0.15) is 18.5 Å². The lowest BCUT2D eigenvalue weighted by atomic mass is 10.1. The Bertz CT molecular complexity index is 839. The van der Waals surface area contributed by atoms with Crippen molar-refractivity contribution >= 4 is 17.9 Å². The highest BCUT2D eigenvalue weighted by Gasteiger charge is 2.49. The minimum Gasteiger partial charge on any atom is -0.491 e. The summed E-state index contributed by atoms with van der Waals surface area (Å²) in [5.74, 6) is 0.892. The number of nitrogens with one attached hydrogen (secondary N) is 1. The van der Waals surface area contributed by atoms with E-state index in [1.54, 1.807) is 11.9 Å². The number of β-amino-alcohol motifs (C(OH)–C–C–N with tert-alkyl or cyclic N) is 1. The van der Waals surface area contributed by atoms with Crippen molar-refractivity contribution in [3.8, 4) is 5.75 Å². The summed E-state index contributed by atoms with van der Waals surface area (Å²) in [4.78, 5) is 34.5. The molecule has 3 atom stereocenters. The van der Waals surface area contributed by atoms with E-state index in [-0.39, 0.29) is 13.2 Å². The molecule has 3 rings (SSSR count). The number of fused-ring (bicyclic) bond motifs is 1. The molecule has 2 N–H and O–H groups in total. The molecule has 1 aromatic rings. The second kappa shape index (κ2) is 8.91. The van der Waals surface area contributed by atoms with E-state index >= 15 is 0 Å². The molecule has 1 fully saturated rings. The number of rotatable bonds is 7. The van der Waals surface area contributed by atoms with Crippen LogP contribution in [0.1, 0.15) is 25.0 Å². The summed E-state index contributed by atoms with van der Waals surface area (Å²) in [5.41, 5.74) is 2.29. The average molecular weight is 418 g/mol. The maximum atomic E-state index is 12.6. The molecular weight excluding hydrogens is 386 g/mol. The van der Waals surface area contributed by atoms with Crippen LogP contribution in [0.15, 0.2) is 23.2 Å². The van der Waals surface area contributed by atoms with Crippen LogP contribution in [0.3, 0.4) is 0 Å². The Labute approximate surface area is 177 Å². The number of aliphatic imine (C=N–C) groups is 1. The molecule has 0 saturated carbocycles. The fourth-order valence-corrected chi connectivity index (χ4v) is 3.75. The van der Waals surface area contributed by atoms with E-state index in [9.17, 15) is 14.7 Å². The Kier molecular flexibility index (Phi) is 6.50. The van der Waals surface area contributed by atoms with Crippen molar-refractivity contribution in [2.24, 2.45) is 4.99 Å². The summed E-state index contributed by atoms with van der Waals surface area (Å²) in [6, 6.07) is 4.64. The van der Waals surface area contributed by atoms with E-state index in [1.807, 2.05) is 50.8 Å². The summed E-state index contributed by atoms with van der Waals surface area (Å²) in [7, 11) is 1.62. The molecule has 1 saturated heterocycles. The lowest BCUT2D eigenvalue weighted by Crippen LogP contribution is -2.65. The average Bonchev–Trinajstić information content (AvgIpc) is 3.08. The molecule has 9 nitrogen and oxygen atoms in total. The third-order valence-corrected chi connectivity index (χ3v) is 5.71. The van der Waals surface area contributed by atoms with Crippen LogP contribution >= 0.6 is 0 Å². The van der Waals surface area contributed by atoms with Crippen LogP contribution < -0.4 is 10.1 Å². The number of nitrogens with zero attached hydrogens (tertiary/aromatic N) is 4. The number of aliphatic hydroxyl groups excluding tert-OH is 1. The molecule has 0 bridgehead atoms. The molecule has 3 amide bonds. The first kappa shape index (κ1) is 21.9. The molecule has 0 radical (unpaired) electrons. The zero-order valence-corrected chi connectivity index (χ0v) is 18.3. The van der Waals surface area contributed by atoms with Crippen molar-refractivity contribution in [2.75, 3.05) is 33.3 Å². The minimum atomic E-state index is -0.846. The summed E-state index contributed by atoms with van der Waals surface area (Å²) < 4.78 is 5.77. The van der Waals surface area contributed by atoms with Gasteiger partial charge in [0, 0.05) is 20.1 Å². The Hall–Kier alpha value is -2.81. The van der Waals surface area contributed by atoms with Gasteiger partial charge in [-0.3, -0.25) is 10.1 Å². The van der Waals surface area contributed by atoms with Crippen molar-refractivity contribution in [3.05, 3.63) is 29.3 Å². The summed E-state index contributed by atoms with van der Waals surface area (Å²) in [5, 5.41) is 13.1. The predicted molar refractivity (Wildman–Crippen MR) is 113 cm³/mol. The van der Waals surface area contributed by atoms with Crippen LogP contribution in [-0.2, 0) is 4.79 Å². The van der Waals surface area contributed by atoms with Gasteiger partial charge in [0.05, 0.1) is 6.54 Å². The SMILES string of the molecule is CCN(CC)C1=NC2C(C(=O)NC(=O)N2C)N1CC(O)COc1ccc(C)c(C)c1. The number of hydrogen-bond acceptors (Lipinski definition) is 7. The number of hydrogen-bond donors (Lipinski definition) is 2. The van der Waals surface area contributed by atoms with Crippen LogP contribution in [0.5, 0.6) is 5.75 Å². The van der Waals surface area contributed by atoms with Gasteiger partial charge in [0.2, 0.25) is 0 Å². The maximum absolute atomic E-state index is 12.6. The van der Waals surface area contributed by atoms with Crippen LogP contribution in [0.4, 0.5) is 4.79 Å². The molecule has 164 valence electrons. The first-order chi connectivity index (χ1) is 14.3. The van der Waals surface area contributed by atoms with Crippen molar-refractivity contribution in [1.29, 1.82) is 0 Å². The van der Waals surface area contributed by atoms with Gasteiger partial charge in [-0.2, -0.15) is 0 Å². The van der Waals surface area contributed by atoms with Gasteiger partial charge in [-0.05, 0) is 51.0 Å². The monoisotopic (exact) mass is 417 g/mol. The molecule has 0 spiro atoms. The number of ether oxygens (including phenoxy) is 1. The minimum absolute atomic E-state index is 0.0817. The highest BCUT2D eigenvalue weighted by Crippen LogP contribution is 2.26. The van der Waals surface area contributed by atoms with Gasteiger partial charge in [0.15, 0.2) is 18.2 Å². The number of likely N-dealkylation sites (N-methyl/N-ethyl adjacent to an activating group) is 1. The quantitative estimate of drug-likeness (QED) is 0.685. The molecule has 2 heterocycles. The smallest absolute Gasteiger partial charge is 0.325 e. The number of imide groups is 1. The van der Waals surface area contributed by atoms with Crippen molar-refractivity contribution in [3.63, 3.8) is 0 Å². The summed E-state index contributed by atoms with van der Waals surface area (Å²) >= 11 is 0. The molecule has 2 aliphatic rings. The number of amides is 3. The van der Waals surface area contributed by atoms with E-state index in [4.69, 9.17) is 4.74 Å². The zero-order chi connectivity index (χ0) is 22.0. The third kappa shape index (κ3) is 4.21. The van der Waals surface area contributed by atoms with Gasteiger partial charge in [0.25, 0.3) is 5.91 Å². The topological polar surface area (TPSA) is 97.7 Å². The lowest BCUT2D eigenvalue weighted by Gasteiger charge is -2.38. The zero-order valence-electron chi connectivity index (χ0n) is 18.3. The molecule has 0 aromatic heterocycles. The molecule has 0 aliphatic carbocycles. The molecular formula is C21H31N5O4. The standard InChI is InChI=1S/C21H31N5O4/c1-6-25(7-2)20-22-18-17(19(28)23-21(29)24(18)5)26(20)11-15(27)12-30-16-9-8-13(3)14(4)10-16/h8-10,15,17-18,27H,6-7,11-12H2,1-5H3,(H,23,28,29). The Balaban J connectivity index is 1.75. The lowest BCUT2D eigenvalue weighted by molar-refractivity contribution is -0.127. The van der Waals surface area contributed by atoms with Crippen molar-refractivity contribution in [2.45, 2.75) is 46.0 Å². The van der Waals surface area contributed by atoms with Gasteiger partial charge < -0.3 is 24.5 Å². The first-order valence-corrected chi connectivity index (χ1v) is 10.3. The number of carbonyl (C=O) groups excluding carboxylic acids is 2. The Morgan fingerprint density at radius 3 is 2.57 bits per heavy atom. The Morgan fingerprint density at radius 1 is 1.23 bits per heavy atom. The van der Waals surface area contributed by atoms with Gasteiger partial charge in [-0.15, -0.1) is 0 Å². The molecule has 3 unspecified atom stereocenters. The fourth-order valence-electron chi connectivity index (χ4n) is 3.75. The summed E-state index contributed by atoms with van der Waals surface area (Å²) in [6.45, 7) is 9.67. The fraction of sp³-hybridized carbons (Fsp3) is 0.571. The molecule has 1 aromatic carbocycles. The maximum Gasteiger partial charge on any atom is 0.325 e. The molecule has 9 heteroatoms. The number of aliphatic hydroxyl groups is 1. The van der Waals surface area contributed by atoms with E-state index in [2.05, 4.69) is 10.3 Å². The number of carbonyl (C=O) groups is 2. The normalized spacial score (nSPS) is 21.9. The van der Waals surface area contributed by atoms with Gasteiger partial charge >= 0.3 is 6.03 Å². The van der Waals surface area contributed by atoms with Gasteiger partial charge in [-0.1, -0.05) is 6.07 Å². The van der Waals surface area contributed by atoms with Crippen LogP contribution in [0.25, 0.3) is 0 Å². The van der Waals surface area contributed by atoms with Crippen LogP contribution in [-0.4, -0.2) is 89.3 Å². The summed E-state index contributed by atoms with van der Waals surface area (Å²) in [6.07, 6.45) is -1.46.